The molecule has 4 bridgehead atoms. The van der Waals surface area contributed by atoms with E-state index in [-0.39, 0.29) is 0 Å². The molecule has 0 spiro atoms. The molecular weight excluding hydrogens is 278 g/mol. The van der Waals surface area contributed by atoms with Gasteiger partial charge in [-0.05, 0) is 74.7 Å². The second-order valence-electron chi connectivity index (χ2n) is 7.94. The molecule has 0 aromatic carbocycles. The summed E-state index contributed by atoms with van der Waals surface area (Å²) in [5.74, 6) is 4.02. The highest BCUT2D eigenvalue weighted by molar-refractivity contribution is 7.99. The van der Waals surface area contributed by atoms with E-state index in [1.807, 2.05) is 23.5 Å². The van der Waals surface area contributed by atoms with Crippen molar-refractivity contribution >= 4 is 11.8 Å². The Hall–Kier alpha value is -0.480. The van der Waals surface area contributed by atoms with E-state index in [1.54, 1.807) is 0 Å². The molecule has 1 atom stereocenters. The van der Waals surface area contributed by atoms with Crippen LogP contribution < -0.4 is 5.73 Å². The van der Waals surface area contributed by atoms with E-state index < -0.39 is 0 Å². The SMILES string of the molecule is Cc1cc(SCC(N)C23CC4CC(CC(C4)C2)C3)n(C)n1. The highest BCUT2D eigenvalue weighted by atomic mass is 32.2. The van der Waals surface area contributed by atoms with Crippen LogP contribution in [0, 0.1) is 30.1 Å². The third-order valence-corrected chi connectivity index (χ3v) is 7.45. The summed E-state index contributed by atoms with van der Waals surface area (Å²) in [4.78, 5) is 0. The van der Waals surface area contributed by atoms with E-state index in [0.717, 1.165) is 29.2 Å². The monoisotopic (exact) mass is 305 g/mol. The Kier molecular flexibility index (Phi) is 3.38. The van der Waals surface area contributed by atoms with Crippen molar-refractivity contribution in [2.45, 2.75) is 56.5 Å². The molecule has 0 aliphatic heterocycles. The molecule has 4 fully saturated rings. The molecule has 0 saturated heterocycles. The zero-order valence-corrected chi connectivity index (χ0v) is 14.0. The van der Waals surface area contributed by atoms with E-state index in [2.05, 4.69) is 18.1 Å². The minimum absolute atomic E-state index is 0.353. The highest BCUT2D eigenvalue weighted by Gasteiger charge is 2.53. The number of aryl methyl sites for hydroxylation is 2. The molecule has 116 valence electrons. The van der Waals surface area contributed by atoms with Crippen LogP contribution in [0.4, 0.5) is 0 Å². The van der Waals surface area contributed by atoms with Crippen LogP contribution in [0.2, 0.25) is 0 Å². The van der Waals surface area contributed by atoms with Crippen molar-refractivity contribution < 1.29 is 0 Å². The lowest BCUT2D eigenvalue weighted by atomic mass is 9.48. The summed E-state index contributed by atoms with van der Waals surface area (Å²) >= 11 is 1.90. The van der Waals surface area contributed by atoms with Gasteiger partial charge in [-0.2, -0.15) is 5.10 Å². The van der Waals surface area contributed by atoms with Gasteiger partial charge in [-0.3, -0.25) is 4.68 Å². The van der Waals surface area contributed by atoms with Gasteiger partial charge in [0.2, 0.25) is 0 Å². The Balaban J connectivity index is 1.45. The molecule has 0 radical (unpaired) electrons. The molecule has 2 N–H and O–H groups in total. The molecule has 3 nitrogen and oxygen atoms in total. The Morgan fingerprint density at radius 2 is 1.86 bits per heavy atom. The topological polar surface area (TPSA) is 43.8 Å². The minimum atomic E-state index is 0.353. The zero-order valence-electron chi connectivity index (χ0n) is 13.2. The van der Waals surface area contributed by atoms with E-state index in [4.69, 9.17) is 5.73 Å². The van der Waals surface area contributed by atoms with Crippen LogP contribution in [0.5, 0.6) is 0 Å². The maximum atomic E-state index is 6.73. The van der Waals surface area contributed by atoms with Gasteiger partial charge >= 0.3 is 0 Å². The lowest BCUT2D eigenvalue weighted by Gasteiger charge is -2.59. The third-order valence-electron chi connectivity index (χ3n) is 6.24. The number of rotatable bonds is 4. The Bertz CT molecular complexity index is 501. The smallest absolute Gasteiger partial charge is 0.0939 e. The molecule has 5 rings (SSSR count). The Labute approximate surface area is 132 Å². The molecular formula is C17H27N3S. The summed E-state index contributed by atoms with van der Waals surface area (Å²) in [7, 11) is 2.03. The maximum absolute atomic E-state index is 6.73. The van der Waals surface area contributed by atoms with Crippen molar-refractivity contribution in [2.24, 2.45) is 36.0 Å². The quantitative estimate of drug-likeness (QED) is 0.867. The van der Waals surface area contributed by atoms with Gasteiger partial charge < -0.3 is 5.73 Å². The summed E-state index contributed by atoms with van der Waals surface area (Å²) in [6.07, 6.45) is 8.72. The normalized spacial score (nSPS) is 38.9. The second-order valence-corrected chi connectivity index (χ2v) is 8.99. The van der Waals surface area contributed by atoms with Crippen LogP contribution in [0.3, 0.4) is 0 Å². The van der Waals surface area contributed by atoms with Crippen molar-refractivity contribution in [3.8, 4) is 0 Å². The first-order chi connectivity index (χ1) is 10.0. The molecule has 1 heterocycles. The van der Waals surface area contributed by atoms with Crippen molar-refractivity contribution in [3.63, 3.8) is 0 Å². The van der Waals surface area contributed by atoms with E-state index >= 15 is 0 Å². The maximum Gasteiger partial charge on any atom is 0.0939 e. The van der Waals surface area contributed by atoms with Crippen LogP contribution in [0.25, 0.3) is 0 Å². The fraction of sp³-hybridized carbons (Fsp3) is 0.824. The first-order valence-corrected chi connectivity index (χ1v) is 9.42. The van der Waals surface area contributed by atoms with Crippen molar-refractivity contribution in [1.29, 1.82) is 0 Å². The summed E-state index contributed by atoms with van der Waals surface area (Å²) in [5.41, 5.74) is 8.30. The van der Waals surface area contributed by atoms with E-state index in [1.165, 1.54) is 43.6 Å². The number of aromatic nitrogens is 2. The van der Waals surface area contributed by atoms with E-state index in [9.17, 15) is 0 Å². The molecule has 1 aromatic rings. The fourth-order valence-electron chi connectivity index (χ4n) is 5.71. The Morgan fingerprint density at radius 3 is 2.33 bits per heavy atom. The van der Waals surface area contributed by atoms with Gasteiger partial charge in [0.05, 0.1) is 10.7 Å². The Morgan fingerprint density at radius 1 is 1.29 bits per heavy atom. The van der Waals surface area contributed by atoms with Gasteiger partial charge in [-0.15, -0.1) is 11.8 Å². The minimum Gasteiger partial charge on any atom is -0.326 e. The van der Waals surface area contributed by atoms with Gasteiger partial charge in [0.25, 0.3) is 0 Å². The van der Waals surface area contributed by atoms with Crippen LogP contribution in [-0.4, -0.2) is 21.6 Å². The summed E-state index contributed by atoms with van der Waals surface area (Å²) in [6.45, 7) is 2.06. The van der Waals surface area contributed by atoms with Crippen LogP contribution in [-0.2, 0) is 7.05 Å². The predicted molar refractivity (Wildman–Crippen MR) is 87.2 cm³/mol. The number of nitrogens with two attached hydrogens (primary N) is 1. The molecule has 0 amide bonds. The molecule has 21 heavy (non-hydrogen) atoms. The molecule has 1 unspecified atom stereocenters. The van der Waals surface area contributed by atoms with Gasteiger partial charge in [0.1, 0.15) is 0 Å². The largest absolute Gasteiger partial charge is 0.326 e. The number of hydrogen-bond acceptors (Lipinski definition) is 3. The highest BCUT2D eigenvalue weighted by Crippen LogP contribution is 2.61. The van der Waals surface area contributed by atoms with Gasteiger partial charge in [0.15, 0.2) is 0 Å². The zero-order chi connectivity index (χ0) is 14.6. The number of hydrogen-bond donors (Lipinski definition) is 1. The number of nitrogens with zero attached hydrogens (tertiary/aromatic N) is 2. The lowest BCUT2D eigenvalue weighted by molar-refractivity contribution is -0.0629. The molecule has 4 aliphatic rings. The fourth-order valence-corrected chi connectivity index (χ4v) is 6.89. The van der Waals surface area contributed by atoms with Crippen LogP contribution in [0.15, 0.2) is 11.1 Å². The molecule has 1 aromatic heterocycles. The van der Waals surface area contributed by atoms with Crippen LogP contribution in [0.1, 0.15) is 44.2 Å². The summed E-state index contributed by atoms with van der Waals surface area (Å²) < 4.78 is 1.99. The van der Waals surface area contributed by atoms with Crippen LogP contribution >= 0.6 is 11.8 Å². The number of thioether (sulfide) groups is 1. The lowest BCUT2D eigenvalue weighted by Crippen LogP contribution is -2.55. The van der Waals surface area contributed by atoms with Gasteiger partial charge in [0, 0.05) is 18.8 Å². The molecule has 4 saturated carbocycles. The van der Waals surface area contributed by atoms with E-state index in [0.29, 0.717) is 11.5 Å². The third kappa shape index (κ3) is 2.44. The molecule has 4 aliphatic carbocycles. The summed E-state index contributed by atoms with van der Waals surface area (Å²) in [6, 6.07) is 2.53. The van der Waals surface area contributed by atoms with Gasteiger partial charge in [-0.1, -0.05) is 0 Å². The van der Waals surface area contributed by atoms with Crippen molar-refractivity contribution in [1.82, 2.24) is 9.78 Å². The average Bonchev–Trinajstić information content (AvgIpc) is 2.72. The molecule has 4 heteroatoms. The second kappa shape index (κ2) is 5.02. The van der Waals surface area contributed by atoms with Crippen molar-refractivity contribution in [3.05, 3.63) is 11.8 Å². The van der Waals surface area contributed by atoms with Crippen molar-refractivity contribution in [2.75, 3.05) is 5.75 Å². The standard InChI is InChI=1S/C17H27N3S/c1-11-3-16(20(2)19-11)21-10-15(18)17-7-12-4-13(8-17)6-14(5-12)9-17/h3,12-15H,4-10,18H2,1-2H3. The first kappa shape index (κ1) is 14.1. The summed E-state index contributed by atoms with van der Waals surface area (Å²) in [5, 5.41) is 5.69. The predicted octanol–water partition coefficient (Wildman–Crippen LogP) is 3.36. The van der Waals surface area contributed by atoms with Gasteiger partial charge in [-0.25, -0.2) is 0 Å². The first-order valence-electron chi connectivity index (χ1n) is 8.43. The average molecular weight is 305 g/mol.